The number of rotatable bonds is 6. The van der Waals surface area contributed by atoms with Crippen LogP contribution in [-0.4, -0.2) is 22.3 Å². The maximum Gasteiger partial charge on any atom is 0.341 e. The third-order valence-electron chi connectivity index (χ3n) is 1.72. The molecule has 78 valence electrons. The first-order valence-electron chi connectivity index (χ1n) is 4.95. The molecule has 0 radical (unpaired) electrons. The van der Waals surface area contributed by atoms with Crippen molar-refractivity contribution in [3.63, 3.8) is 0 Å². The van der Waals surface area contributed by atoms with Crippen LogP contribution in [-0.2, 0) is 14.6 Å². The Balaban J connectivity index is 3.57. The monoisotopic (exact) mass is 204 g/mol. The lowest BCUT2D eigenvalue weighted by atomic mass is 10.2. The predicted octanol–water partition coefficient (Wildman–Crippen LogP) is 1.21. The quantitative estimate of drug-likeness (QED) is 0.371. The molecule has 1 atom stereocenters. The lowest BCUT2D eigenvalue weighted by molar-refractivity contribution is -0.291. The molecule has 0 aromatic carbocycles. The van der Waals surface area contributed by atoms with Crippen LogP contribution in [0.1, 0.15) is 40.0 Å². The predicted molar refractivity (Wildman–Crippen MR) is 55.5 cm³/mol. The molecule has 0 fully saturated rings. The molecule has 0 aromatic rings. The fraction of sp³-hybridized carbons (Fsp3) is 0.889. The van der Waals surface area contributed by atoms with Crippen LogP contribution in [0.3, 0.4) is 0 Å². The molecule has 0 saturated carbocycles. The van der Waals surface area contributed by atoms with E-state index in [1.165, 1.54) is 0 Å². The Morgan fingerprint density at radius 1 is 1.46 bits per heavy atom. The van der Waals surface area contributed by atoms with Crippen molar-refractivity contribution in [3.05, 3.63) is 0 Å². The van der Waals surface area contributed by atoms with E-state index < -0.39 is 0 Å². The van der Waals surface area contributed by atoms with E-state index in [9.17, 15) is 4.79 Å². The first-order valence-corrected chi connectivity index (χ1v) is 6.10. The normalized spacial score (nSPS) is 13.2. The molecule has 0 spiro atoms. The fourth-order valence-electron chi connectivity index (χ4n) is 0.854. The van der Waals surface area contributed by atoms with Gasteiger partial charge in [0.05, 0.1) is 6.10 Å². The number of hydrogen-bond acceptors (Lipinski definition) is 3. The molecule has 0 aliphatic heterocycles. The van der Waals surface area contributed by atoms with E-state index in [0.29, 0.717) is 0 Å². The Morgan fingerprint density at radius 3 is 2.54 bits per heavy atom. The van der Waals surface area contributed by atoms with Gasteiger partial charge in [0.25, 0.3) is 0 Å². The summed E-state index contributed by atoms with van der Waals surface area (Å²) in [6.45, 7) is 5.78. The van der Waals surface area contributed by atoms with Crippen molar-refractivity contribution in [2.75, 3.05) is 0 Å². The van der Waals surface area contributed by atoms with Gasteiger partial charge in [0.15, 0.2) is 0 Å². The lowest BCUT2D eigenvalue weighted by Crippen LogP contribution is -2.15. The van der Waals surface area contributed by atoms with Crippen molar-refractivity contribution in [2.45, 2.75) is 51.7 Å². The molecule has 3 nitrogen and oxygen atoms in total. The second-order valence-electron chi connectivity index (χ2n) is 3.59. The van der Waals surface area contributed by atoms with Gasteiger partial charge in [0.2, 0.25) is 0 Å². The van der Waals surface area contributed by atoms with Crippen molar-refractivity contribution in [1.82, 2.24) is 0 Å². The highest BCUT2D eigenvalue weighted by molar-refractivity contribution is 6.22. The summed E-state index contributed by atoms with van der Waals surface area (Å²) in [5.74, 6) is -0.200. The van der Waals surface area contributed by atoms with E-state index in [4.69, 9.17) is 4.89 Å². The SMILES string of the molecule is CCCCC([SiH3])C(=O)OOC(C)C. The number of unbranched alkanes of at least 4 members (excludes halogenated alkanes) is 1. The molecule has 0 bridgehead atoms. The van der Waals surface area contributed by atoms with Crippen molar-refractivity contribution in [2.24, 2.45) is 0 Å². The standard InChI is InChI=1S/C9H20O3Si/c1-4-5-6-8(13)9(10)12-11-7(2)3/h7-8H,4-6H2,1-3,13H3. The van der Waals surface area contributed by atoms with Gasteiger partial charge in [-0.25, -0.2) is 4.79 Å². The van der Waals surface area contributed by atoms with Crippen LogP contribution >= 0.6 is 0 Å². The molecule has 0 N–H and O–H groups in total. The highest BCUT2D eigenvalue weighted by atomic mass is 28.1. The van der Waals surface area contributed by atoms with Gasteiger partial charge in [0.1, 0.15) is 0 Å². The molecule has 4 heteroatoms. The van der Waals surface area contributed by atoms with Crippen molar-refractivity contribution < 1.29 is 14.6 Å². The zero-order valence-corrected chi connectivity index (χ0v) is 11.0. The minimum absolute atomic E-state index is 0.0519. The molecule has 0 rings (SSSR count). The van der Waals surface area contributed by atoms with Gasteiger partial charge in [-0.3, -0.25) is 4.89 Å². The minimum Gasteiger partial charge on any atom is -0.298 e. The van der Waals surface area contributed by atoms with Gasteiger partial charge in [-0.05, 0) is 20.3 Å². The van der Waals surface area contributed by atoms with Gasteiger partial charge in [-0.15, -0.1) is 0 Å². The summed E-state index contributed by atoms with van der Waals surface area (Å²) in [6, 6.07) is 0. The fourth-order valence-corrected chi connectivity index (χ4v) is 1.36. The van der Waals surface area contributed by atoms with Crippen LogP contribution in [0.25, 0.3) is 0 Å². The second kappa shape index (κ2) is 7.09. The topological polar surface area (TPSA) is 35.5 Å². The van der Waals surface area contributed by atoms with Gasteiger partial charge in [-0.2, -0.15) is 4.89 Å². The van der Waals surface area contributed by atoms with Gasteiger partial charge < -0.3 is 0 Å². The smallest absolute Gasteiger partial charge is 0.298 e. The lowest BCUT2D eigenvalue weighted by Gasteiger charge is -2.10. The van der Waals surface area contributed by atoms with Crippen LogP contribution < -0.4 is 0 Å². The number of hydrogen-bond donors (Lipinski definition) is 0. The molecule has 0 amide bonds. The van der Waals surface area contributed by atoms with Crippen LogP contribution in [0.5, 0.6) is 0 Å². The van der Waals surface area contributed by atoms with Crippen molar-refractivity contribution >= 4 is 16.2 Å². The Labute approximate surface area is 83.1 Å². The Hall–Kier alpha value is -0.353. The molecule has 13 heavy (non-hydrogen) atoms. The van der Waals surface area contributed by atoms with E-state index in [1.54, 1.807) is 0 Å². The van der Waals surface area contributed by atoms with Crippen LogP contribution in [0.4, 0.5) is 0 Å². The van der Waals surface area contributed by atoms with Crippen LogP contribution in [0, 0.1) is 0 Å². The van der Waals surface area contributed by atoms with Gasteiger partial charge >= 0.3 is 5.97 Å². The Bertz CT molecular complexity index is 148. The number of carbonyl (C=O) groups excluding carboxylic acids is 1. The van der Waals surface area contributed by atoms with Crippen molar-refractivity contribution in [3.8, 4) is 0 Å². The molecule has 0 heterocycles. The number of carbonyl (C=O) groups is 1. The average Bonchev–Trinajstić information content (AvgIpc) is 2.10. The molecule has 0 aliphatic rings. The third kappa shape index (κ3) is 6.78. The highest BCUT2D eigenvalue weighted by Gasteiger charge is 2.15. The summed E-state index contributed by atoms with van der Waals surface area (Å²) in [5.41, 5.74) is 0.0821. The Kier molecular flexibility index (Phi) is 6.90. The maximum atomic E-state index is 11.2. The summed E-state index contributed by atoms with van der Waals surface area (Å²) >= 11 is 0. The van der Waals surface area contributed by atoms with E-state index in [1.807, 2.05) is 13.8 Å². The molecule has 0 saturated heterocycles. The summed E-state index contributed by atoms with van der Waals surface area (Å²) in [7, 11) is 0.843. The van der Waals surface area contributed by atoms with E-state index in [-0.39, 0.29) is 17.6 Å². The van der Waals surface area contributed by atoms with E-state index in [0.717, 1.165) is 29.5 Å². The van der Waals surface area contributed by atoms with E-state index >= 15 is 0 Å². The molecule has 0 aromatic heterocycles. The first-order chi connectivity index (χ1) is 6.07. The first kappa shape index (κ1) is 12.6. The molecule has 1 unspecified atom stereocenters. The van der Waals surface area contributed by atoms with Gasteiger partial charge in [-0.1, -0.05) is 19.8 Å². The van der Waals surface area contributed by atoms with Gasteiger partial charge in [0, 0.05) is 15.8 Å². The summed E-state index contributed by atoms with van der Waals surface area (Å²) in [5, 5.41) is 0. The minimum atomic E-state index is -0.200. The third-order valence-corrected chi connectivity index (χ3v) is 2.76. The molecular weight excluding hydrogens is 184 g/mol. The van der Waals surface area contributed by atoms with Crippen LogP contribution in [0.2, 0.25) is 5.54 Å². The Morgan fingerprint density at radius 2 is 2.08 bits per heavy atom. The summed E-state index contributed by atoms with van der Waals surface area (Å²) in [4.78, 5) is 20.7. The van der Waals surface area contributed by atoms with Crippen LogP contribution in [0.15, 0.2) is 0 Å². The largest absolute Gasteiger partial charge is 0.341 e. The highest BCUT2D eigenvalue weighted by Crippen LogP contribution is 2.12. The zero-order chi connectivity index (χ0) is 10.3. The average molecular weight is 204 g/mol. The molecular formula is C9H20O3Si. The summed E-state index contributed by atoms with van der Waals surface area (Å²) < 4.78 is 0. The van der Waals surface area contributed by atoms with Crippen molar-refractivity contribution in [1.29, 1.82) is 0 Å². The van der Waals surface area contributed by atoms with E-state index in [2.05, 4.69) is 11.8 Å². The summed E-state index contributed by atoms with van der Waals surface area (Å²) in [6.07, 6.45) is 3.09. The maximum absolute atomic E-state index is 11.2. The zero-order valence-electron chi connectivity index (χ0n) is 9.00. The molecule has 0 aliphatic carbocycles. The second-order valence-corrected chi connectivity index (χ2v) is 4.98.